The average molecular weight is 666 g/mol. The molecule has 0 aliphatic carbocycles. The summed E-state index contributed by atoms with van der Waals surface area (Å²) in [6.07, 6.45) is 0.220. The minimum atomic E-state index is -0.159. The number of hydrogen-bond acceptors (Lipinski definition) is 10. The van der Waals surface area contributed by atoms with E-state index in [1.807, 2.05) is 12.1 Å². The highest BCUT2D eigenvalue weighted by atomic mass is 32.2. The number of rotatable bonds is 15. The number of nitrogens with two attached hydrogens (primary N) is 5. The fraction of sp³-hybridized carbons (Fsp3) is 0.444. The van der Waals surface area contributed by atoms with Gasteiger partial charge in [0.15, 0.2) is 11.6 Å². The number of carbonyl (C=O) groups is 2. The van der Waals surface area contributed by atoms with Crippen molar-refractivity contribution in [3.8, 4) is 5.75 Å². The molecule has 3 aromatic rings. The van der Waals surface area contributed by atoms with Gasteiger partial charge in [-0.15, -0.1) is 23.5 Å². The zero-order valence-corrected chi connectivity index (χ0v) is 29.8. The molecule has 0 unspecified atom stereocenters. The van der Waals surface area contributed by atoms with Crippen LogP contribution in [0, 0.1) is 0 Å². The lowest BCUT2D eigenvalue weighted by atomic mass is 9.84. The van der Waals surface area contributed by atoms with E-state index in [0.717, 1.165) is 32.0 Å². The van der Waals surface area contributed by atoms with Gasteiger partial charge in [0.2, 0.25) is 0 Å². The van der Waals surface area contributed by atoms with Gasteiger partial charge in [-0.3, -0.25) is 9.59 Å². The van der Waals surface area contributed by atoms with E-state index in [1.54, 1.807) is 41.7 Å². The number of ketones is 2. The summed E-state index contributed by atoms with van der Waals surface area (Å²) in [7, 11) is 0. The van der Waals surface area contributed by atoms with Crippen LogP contribution in [0.1, 0.15) is 84.5 Å². The Bertz CT molecular complexity index is 1440. The van der Waals surface area contributed by atoms with Crippen LogP contribution in [-0.2, 0) is 23.7 Å². The lowest BCUT2D eigenvalue weighted by molar-refractivity contribution is 0.0991. The zero-order valence-electron chi connectivity index (χ0n) is 28.1. The van der Waals surface area contributed by atoms with Crippen LogP contribution in [-0.4, -0.2) is 49.3 Å². The predicted molar refractivity (Wildman–Crippen MR) is 196 cm³/mol. The monoisotopic (exact) mass is 665 g/mol. The number of carbonyl (C=O) groups excluding carboxylic acids is 2. The van der Waals surface area contributed by atoms with E-state index in [0.29, 0.717) is 59.4 Å². The summed E-state index contributed by atoms with van der Waals surface area (Å²) in [5, 5.41) is 0. The quantitative estimate of drug-likeness (QED) is 0.0766. The van der Waals surface area contributed by atoms with Crippen LogP contribution in [0.5, 0.6) is 5.75 Å². The molecule has 10 heteroatoms. The van der Waals surface area contributed by atoms with Gasteiger partial charge in [0.1, 0.15) is 12.4 Å². The maximum absolute atomic E-state index is 13.9. The second-order valence-corrected chi connectivity index (χ2v) is 15.7. The van der Waals surface area contributed by atoms with Crippen molar-refractivity contribution in [2.75, 3.05) is 49.2 Å². The normalized spacial score (nSPS) is 11.9. The van der Waals surface area contributed by atoms with Crippen molar-refractivity contribution in [2.45, 2.75) is 75.0 Å². The van der Waals surface area contributed by atoms with Gasteiger partial charge in [-0.05, 0) is 63.4 Å². The smallest absolute Gasteiger partial charge is 0.167 e. The molecule has 0 aromatic heterocycles. The van der Waals surface area contributed by atoms with Gasteiger partial charge in [0.05, 0.1) is 0 Å². The lowest BCUT2D eigenvalue weighted by Crippen LogP contribution is -2.16. The van der Waals surface area contributed by atoms with Crippen LogP contribution >= 0.6 is 23.5 Å². The van der Waals surface area contributed by atoms with Crippen molar-refractivity contribution in [2.24, 2.45) is 17.2 Å². The predicted octanol–water partition coefficient (Wildman–Crippen LogP) is 5.74. The van der Waals surface area contributed by atoms with E-state index in [1.165, 1.54) is 0 Å². The van der Waals surface area contributed by atoms with Gasteiger partial charge < -0.3 is 33.4 Å². The first-order chi connectivity index (χ1) is 21.6. The first kappa shape index (κ1) is 37.4. The third-order valence-corrected chi connectivity index (χ3v) is 9.94. The van der Waals surface area contributed by atoms with Gasteiger partial charge in [-0.2, -0.15) is 0 Å². The molecule has 0 saturated carbocycles. The van der Waals surface area contributed by atoms with Crippen LogP contribution in [0.3, 0.4) is 0 Å². The Labute approximate surface area is 282 Å². The molecule has 0 heterocycles. The van der Waals surface area contributed by atoms with Gasteiger partial charge in [-0.1, -0.05) is 53.7 Å². The number of ether oxygens (including phenoxy) is 1. The molecule has 0 spiro atoms. The first-order valence-electron chi connectivity index (χ1n) is 15.6. The van der Waals surface area contributed by atoms with Crippen LogP contribution in [0.4, 0.5) is 11.4 Å². The largest absolute Gasteiger partial charge is 0.492 e. The molecule has 3 rings (SSSR count). The number of hydrogen-bond donors (Lipinski definition) is 5. The molecule has 0 bridgehead atoms. The van der Waals surface area contributed by atoms with E-state index in [4.69, 9.17) is 33.4 Å². The highest BCUT2D eigenvalue weighted by molar-refractivity contribution is 7.99. The molecule has 3 aromatic carbocycles. The molecule has 0 amide bonds. The Balaban J connectivity index is 2.05. The number of thioether (sulfide) groups is 2. The molecule has 0 radical (unpaired) electrons. The highest BCUT2D eigenvalue weighted by Crippen LogP contribution is 2.37. The average Bonchev–Trinajstić information content (AvgIpc) is 2.97. The standard InChI is InChI=1S/C36H51N5O3S2/c1-35(2,3)26-14-24(33(29(40)20-26)45-11-8-38)18-31(42)22-13-23(17-28(16-22)44-10-7-37)32(43)19-25-15-27(36(4,5)6)21-30(41)34(25)46-12-9-39/h13-17,20-21H,7-12,18-19,37-41H2,1-6H3. The minimum absolute atomic E-state index is 0.110. The molecular weight excluding hydrogens is 615 g/mol. The Kier molecular flexibility index (Phi) is 13.2. The molecular formula is C36H51N5O3S2. The Morgan fingerprint density at radius 1 is 0.630 bits per heavy atom. The maximum atomic E-state index is 13.9. The summed E-state index contributed by atoms with van der Waals surface area (Å²) < 4.78 is 5.85. The minimum Gasteiger partial charge on any atom is -0.492 e. The van der Waals surface area contributed by atoms with Gasteiger partial charge in [0, 0.05) is 76.3 Å². The lowest BCUT2D eigenvalue weighted by Gasteiger charge is -2.23. The topological polar surface area (TPSA) is 173 Å². The van der Waals surface area contributed by atoms with Crippen molar-refractivity contribution in [1.82, 2.24) is 0 Å². The third kappa shape index (κ3) is 9.99. The van der Waals surface area contributed by atoms with Crippen LogP contribution in [0.25, 0.3) is 0 Å². The second-order valence-electron chi connectivity index (χ2n) is 13.5. The Morgan fingerprint density at radius 2 is 1.04 bits per heavy atom. The highest BCUT2D eigenvalue weighted by Gasteiger charge is 2.23. The van der Waals surface area contributed by atoms with Crippen molar-refractivity contribution >= 4 is 46.5 Å². The zero-order chi connectivity index (χ0) is 34.2. The SMILES string of the molecule is CC(C)(C)c1cc(N)c(SCCN)c(CC(=O)c2cc(OCCN)cc(C(=O)Cc3cc(C(C)(C)C)cc(N)c3SCCN)c2)c1. The third-order valence-electron chi connectivity index (χ3n) is 7.49. The van der Waals surface area contributed by atoms with Crippen molar-refractivity contribution < 1.29 is 14.3 Å². The summed E-state index contributed by atoms with van der Waals surface area (Å²) >= 11 is 3.10. The summed E-state index contributed by atoms with van der Waals surface area (Å²) in [6, 6.07) is 13.1. The first-order valence-corrected chi connectivity index (χ1v) is 17.6. The van der Waals surface area contributed by atoms with Crippen LogP contribution in [0.15, 0.2) is 52.3 Å². The van der Waals surface area contributed by atoms with Crippen LogP contribution in [0.2, 0.25) is 0 Å². The summed E-state index contributed by atoms with van der Waals surface area (Å²) in [5.74, 6) is 1.47. The molecule has 0 aliphatic heterocycles. The van der Waals surface area contributed by atoms with E-state index in [2.05, 4.69) is 53.7 Å². The number of Topliss-reactive ketones (excluding diaryl/α,β-unsaturated/α-hetero) is 2. The van der Waals surface area contributed by atoms with Crippen molar-refractivity contribution in [3.05, 3.63) is 75.8 Å². The molecule has 46 heavy (non-hydrogen) atoms. The molecule has 8 nitrogen and oxygen atoms in total. The number of anilines is 2. The fourth-order valence-corrected chi connectivity index (χ4v) is 6.69. The van der Waals surface area contributed by atoms with Gasteiger partial charge in [0.25, 0.3) is 0 Å². The van der Waals surface area contributed by atoms with E-state index < -0.39 is 0 Å². The fourth-order valence-electron chi connectivity index (χ4n) is 4.96. The summed E-state index contributed by atoms with van der Waals surface area (Å²) in [6.45, 7) is 14.2. The molecule has 250 valence electrons. The maximum Gasteiger partial charge on any atom is 0.167 e. The molecule has 10 N–H and O–H groups in total. The molecule has 0 saturated heterocycles. The summed E-state index contributed by atoms with van der Waals surface area (Å²) in [4.78, 5) is 29.6. The number of benzene rings is 3. The number of nitrogen functional groups attached to an aromatic ring is 2. The van der Waals surface area contributed by atoms with Gasteiger partial charge in [-0.25, -0.2) is 0 Å². The molecule has 0 atom stereocenters. The Hall–Kier alpha value is -3.02. The van der Waals surface area contributed by atoms with Crippen LogP contribution < -0.4 is 33.4 Å². The molecule has 0 aliphatic rings. The van der Waals surface area contributed by atoms with Crippen molar-refractivity contribution in [1.29, 1.82) is 0 Å². The summed E-state index contributed by atoms with van der Waals surface area (Å²) in [5.41, 5.74) is 35.8. The van der Waals surface area contributed by atoms with Crippen molar-refractivity contribution in [3.63, 3.8) is 0 Å². The Morgan fingerprint density at radius 3 is 1.39 bits per heavy atom. The van der Waals surface area contributed by atoms with E-state index >= 15 is 0 Å². The van der Waals surface area contributed by atoms with E-state index in [9.17, 15) is 9.59 Å². The molecule has 0 fully saturated rings. The van der Waals surface area contributed by atoms with E-state index in [-0.39, 0.29) is 41.8 Å². The van der Waals surface area contributed by atoms with Gasteiger partial charge >= 0.3 is 0 Å². The second kappa shape index (κ2) is 16.2.